The Balaban J connectivity index is 2.14. The Kier molecular flexibility index (Phi) is 4.99. The molecule has 2 rings (SSSR count). The summed E-state index contributed by atoms with van der Waals surface area (Å²) in [5, 5.41) is 0. The highest BCUT2D eigenvalue weighted by Gasteiger charge is 2.32. The third-order valence-corrected chi connectivity index (χ3v) is 4.14. The predicted octanol–water partition coefficient (Wildman–Crippen LogP) is 2.40. The van der Waals surface area contributed by atoms with E-state index in [2.05, 4.69) is 0 Å². The van der Waals surface area contributed by atoms with Crippen LogP contribution in [0.25, 0.3) is 0 Å². The quantitative estimate of drug-likeness (QED) is 0.803. The van der Waals surface area contributed by atoms with Gasteiger partial charge in [0.1, 0.15) is 6.04 Å². The monoisotopic (exact) mass is 289 g/mol. The Hall–Kier alpha value is -1.84. The molecule has 1 saturated heterocycles. The minimum Gasteiger partial charge on any atom is -0.467 e. The van der Waals surface area contributed by atoms with Crippen LogP contribution in [-0.2, 0) is 20.7 Å². The Morgan fingerprint density at radius 1 is 1.29 bits per heavy atom. The number of hydrogen-bond acceptors (Lipinski definition) is 3. The number of hydrogen-bond donors (Lipinski definition) is 0. The fourth-order valence-corrected chi connectivity index (χ4v) is 2.87. The predicted molar refractivity (Wildman–Crippen MR) is 81.0 cm³/mol. The van der Waals surface area contributed by atoms with Crippen molar-refractivity contribution in [2.24, 2.45) is 0 Å². The van der Waals surface area contributed by atoms with Gasteiger partial charge in [-0.1, -0.05) is 23.8 Å². The van der Waals surface area contributed by atoms with Crippen LogP contribution in [0.15, 0.2) is 18.2 Å². The third kappa shape index (κ3) is 3.63. The molecule has 1 heterocycles. The first-order chi connectivity index (χ1) is 10.0. The van der Waals surface area contributed by atoms with Gasteiger partial charge in [-0.15, -0.1) is 0 Å². The van der Waals surface area contributed by atoms with Crippen molar-refractivity contribution in [3.05, 3.63) is 34.9 Å². The second-order valence-corrected chi connectivity index (χ2v) is 5.73. The Labute approximate surface area is 126 Å². The summed E-state index contributed by atoms with van der Waals surface area (Å²) < 4.78 is 4.83. The fourth-order valence-electron chi connectivity index (χ4n) is 2.87. The standard InChI is InChI=1S/C17H23NO3/c1-12-7-8-13(2)14(10-12)11-16(19)18-9-5-4-6-15(18)17(20)21-3/h7-8,10,15H,4-6,9,11H2,1-3H3. The van der Waals surface area contributed by atoms with Gasteiger partial charge >= 0.3 is 5.97 Å². The molecule has 0 bridgehead atoms. The van der Waals surface area contributed by atoms with Crippen LogP contribution >= 0.6 is 0 Å². The molecule has 1 unspecified atom stereocenters. The lowest BCUT2D eigenvalue weighted by Crippen LogP contribution is -2.49. The van der Waals surface area contributed by atoms with Gasteiger partial charge in [0.25, 0.3) is 0 Å². The van der Waals surface area contributed by atoms with Crippen molar-refractivity contribution in [2.75, 3.05) is 13.7 Å². The van der Waals surface area contributed by atoms with Gasteiger partial charge < -0.3 is 9.64 Å². The van der Waals surface area contributed by atoms with E-state index >= 15 is 0 Å². The lowest BCUT2D eigenvalue weighted by molar-refractivity contribution is -0.154. The SMILES string of the molecule is COC(=O)C1CCCCN1C(=O)Cc1cc(C)ccc1C. The first-order valence-corrected chi connectivity index (χ1v) is 7.46. The number of piperidine rings is 1. The number of benzene rings is 1. The molecule has 21 heavy (non-hydrogen) atoms. The molecule has 1 aliphatic rings. The highest BCUT2D eigenvalue weighted by Crippen LogP contribution is 2.20. The van der Waals surface area contributed by atoms with Crippen LogP contribution in [0.3, 0.4) is 0 Å². The summed E-state index contributed by atoms with van der Waals surface area (Å²) in [6.07, 6.45) is 2.96. The summed E-state index contributed by atoms with van der Waals surface area (Å²) in [6, 6.07) is 5.71. The molecule has 114 valence electrons. The highest BCUT2D eigenvalue weighted by atomic mass is 16.5. The molecule has 1 aromatic rings. The maximum Gasteiger partial charge on any atom is 0.328 e. The number of carbonyl (C=O) groups is 2. The van der Waals surface area contributed by atoms with Crippen molar-refractivity contribution in [1.29, 1.82) is 0 Å². The van der Waals surface area contributed by atoms with Crippen LogP contribution in [-0.4, -0.2) is 36.5 Å². The lowest BCUT2D eigenvalue weighted by Gasteiger charge is -2.34. The number of aryl methyl sites for hydroxylation is 2. The molecule has 0 N–H and O–H groups in total. The molecule has 0 spiro atoms. The third-order valence-electron chi connectivity index (χ3n) is 4.14. The van der Waals surface area contributed by atoms with E-state index in [0.717, 1.165) is 29.5 Å². The molecule has 1 fully saturated rings. The summed E-state index contributed by atoms with van der Waals surface area (Å²) in [7, 11) is 1.38. The van der Waals surface area contributed by atoms with Gasteiger partial charge in [-0.05, 0) is 44.2 Å². The van der Waals surface area contributed by atoms with E-state index in [4.69, 9.17) is 4.74 Å². The Morgan fingerprint density at radius 3 is 2.76 bits per heavy atom. The number of nitrogens with zero attached hydrogens (tertiary/aromatic N) is 1. The molecule has 0 radical (unpaired) electrons. The second kappa shape index (κ2) is 6.74. The van der Waals surface area contributed by atoms with Gasteiger partial charge in [-0.2, -0.15) is 0 Å². The van der Waals surface area contributed by atoms with Crippen molar-refractivity contribution in [1.82, 2.24) is 4.90 Å². The summed E-state index contributed by atoms with van der Waals surface area (Å²) >= 11 is 0. The normalized spacial score (nSPS) is 18.4. The van der Waals surface area contributed by atoms with Crippen LogP contribution < -0.4 is 0 Å². The minimum absolute atomic E-state index is 0.0128. The van der Waals surface area contributed by atoms with Crippen molar-refractivity contribution < 1.29 is 14.3 Å². The van der Waals surface area contributed by atoms with Crippen LogP contribution in [0, 0.1) is 13.8 Å². The highest BCUT2D eigenvalue weighted by molar-refractivity contribution is 5.86. The summed E-state index contributed by atoms with van der Waals surface area (Å²) in [5.74, 6) is -0.289. The van der Waals surface area contributed by atoms with E-state index < -0.39 is 6.04 Å². The van der Waals surface area contributed by atoms with Gasteiger partial charge in [-0.3, -0.25) is 4.79 Å². The average molecular weight is 289 g/mol. The van der Waals surface area contributed by atoms with E-state index in [1.54, 1.807) is 4.90 Å². The van der Waals surface area contributed by atoms with Gasteiger partial charge in [-0.25, -0.2) is 4.79 Å². The molecule has 4 heteroatoms. The van der Waals surface area contributed by atoms with Crippen LogP contribution in [0.5, 0.6) is 0 Å². The smallest absolute Gasteiger partial charge is 0.328 e. The average Bonchev–Trinajstić information content (AvgIpc) is 2.50. The Morgan fingerprint density at radius 2 is 2.05 bits per heavy atom. The number of amides is 1. The molecule has 1 amide bonds. The molecule has 1 aromatic carbocycles. The van der Waals surface area contributed by atoms with Crippen LogP contribution in [0.4, 0.5) is 0 Å². The molecular formula is C17H23NO3. The van der Waals surface area contributed by atoms with E-state index in [1.807, 2.05) is 32.0 Å². The minimum atomic E-state index is -0.415. The Bertz CT molecular complexity index is 539. The first-order valence-electron chi connectivity index (χ1n) is 7.46. The largest absolute Gasteiger partial charge is 0.467 e. The number of esters is 1. The van der Waals surface area contributed by atoms with Crippen molar-refractivity contribution >= 4 is 11.9 Å². The summed E-state index contributed by atoms with van der Waals surface area (Å²) in [4.78, 5) is 26.1. The van der Waals surface area contributed by atoms with Crippen molar-refractivity contribution in [2.45, 2.75) is 45.6 Å². The van der Waals surface area contributed by atoms with Crippen molar-refractivity contribution in [3.63, 3.8) is 0 Å². The lowest BCUT2D eigenvalue weighted by atomic mass is 9.98. The van der Waals surface area contributed by atoms with Gasteiger partial charge in [0, 0.05) is 6.54 Å². The summed E-state index contributed by atoms with van der Waals surface area (Å²) in [5.41, 5.74) is 3.29. The topological polar surface area (TPSA) is 46.6 Å². The first kappa shape index (κ1) is 15.5. The number of likely N-dealkylation sites (tertiary alicyclic amines) is 1. The van der Waals surface area contributed by atoms with Gasteiger partial charge in [0.2, 0.25) is 5.91 Å². The number of rotatable bonds is 3. The number of carbonyl (C=O) groups excluding carboxylic acids is 2. The molecule has 1 aliphatic heterocycles. The van der Waals surface area contributed by atoms with Crippen molar-refractivity contribution in [3.8, 4) is 0 Å². The molecule has 4 nitrogen and oxygen atoms in total. The van der Waals surface area contributed by atoms with Gasteiger partial charge in [0.15, 0.2) is 0 Å². The van der Waals surface area contributed by atoms with E-state index in [0.29, 0.717) is 19.4 Å². The number of ether oxygens (including phenoxy) is 1. The van der Waals surface area contributed by atoms with E-state index in [-0.39, 0.29) is 11.9 Å². The molecule has 0 saturated carbocycles. The maximum absolute atomic E-state index is 12.6. The van der Waals surface area contributed by atoms with E-state index in [1.165, 1.54) is 7.11 Å². The molecule has 0 aromatic heterocycles. The zero-order chi connectivity index (χ0) is 15.4. The maximum atomic E-state index is 12.6. The zero-order valence-electron chi connectivity index (χ0n) is 13.0. The number of methoxy groups -OCH3 is 1. The molecule has 0 aliphatic carbocycles. The second-order valence-electron chi connectivity index (χ2n) is 5.73. The van der Waals surface area contributed by atoms with Crippen LogP contribution in [0.1, 0.15) is 36.0 Å². The van der Waals surface area contributed by atoms with E-state index in [9.17, 15) is 9.59 Å². The van der Waals surface area contributed by atoms with Crippen LogP contribution in [0.2, 0.25) is 0 Å². The van der Waals surface area contributed by atoms with Gasteiger partial charge in [0.05, 0.1) is 13.5 Å². The molecular weight excluding hydrogens is 266 g/mol. The zero-order valence-corrected chi connectivity index (χ0v) is 13.0. The fraction of sp³-hybridized carbons (Fsp3) is 0.529. The summed E-state index contributed by atoms with van der Waals surface area (Å²) in [6.45, 7) is 4.67. The molecule has 1 atom stereocenters.